The molecule has 112 valence electrons. The van der Waals surface area contributed by atoms with Gasteiger partial charge in [0, 0.05) is 25.9 Å². The largest absolute Gasteiger partial charge is 0.480 e. The first kappa shape index (κ1) is 15.9. The van der Waals surface area contributed by atoms with Gasteiger partial charge in [-0.15, -0.1) is 0 Å². The molecule has 1 rings (SSSR count). The van der Waals surface area contributed by atoms with Gasteiger partial charge in [-0.25, -0.2) is 4.79 Å². The van der Waals surface area contributed by atoms with Gasteiger partial charge in [0.05, 0.1) is 5.92 Å². The highest BCUT2D eigenvalue weighted by Crippen LogP contribution is 2.17. The minimum Gasteiger partial charge on any atom is -0.480 e. The van der Waals surface area contributed by atoms with Gasteiger partial charge in [-0.2, -0.15) is 0 Å². The quantitative estimate of drug-likeness (QED) is 0.534. The molecule has 1 aliphatic rings. The summed E-state index contributed by atoms with van der Waals surface area (Å²) in [6, 6.07) is -1.17. The number of carboxylic acid groups (broad SMARTS) is 1. The summed E-state index contributed by atoms with van der Waals surface area (Å²) in [5.41, 5.74) is 4.95. The lowest BCUT2D eigenvalue weighted by molar-refractivity contribution is -0.142. The van der Waals surface area contributed by atoms with Crippen LogP contribution in [0.5, 0.6) is 0 Å². The number of nitrogens with zero attached hydrogens (tertiary/aromatic N) is 1. The van der Waals surface area contributed by atoms with E-state index in [1.54, 1.807) is 4.90 Å². The topological polar surface area (TPSA) is 130 Å². The van der Waals surface area contributed by atoms with Gasteiger partial charge >= 0.3 is 5.97 Å². The van der Waals surface area contributed by atoms with E-state index in [-0.39, 0.29) is 25.2 Å². The molecule has 1 unspecified atom stereocenters. The molecule has 0 spiro atoms. The molecule has 8 heteroatoms. The fraction of sp³-hybridized carbons (Fsp3) is 0.667. The van der Waals surface area contributed by atoms with Crippen molar-refractivity contribution in [3.8, 4) is 0 Å². The first-order valence-corrected chi connectivity index (χ1v) is 6.44. The summed E-state index contributed by atoms with van der Waals surface area (Å²) in [6.45, 7) is 2.63. The Bertz CT molecular complexity index is 423. The van der Waals surface area contributed by atoms with Gasteiger partial charge < -0.3 is 21.1 Å². The number of hydrogen-bond donors (Lipinski definition) is 3. The van der Waals surface area contributed by atoms with Gasteiger partial charge in [0.2, 0.25) is 17.7 Å². The van der Waals surface area contributed by atoms with Gasteiger partial charge in [-0.3, -0.25) is 14.4 Å². The molecule has 0 aromatic heterocycles. The highest BCUT2D eigenvalue weighted by Gasteiger charge is 2.35. The second-order valence-corrected chi connectivity index (χ2v) is 4.74. The summed E-state index contributed by atoms with van der Waals surface area (Å²) >= 11 is 0. The molecule has 0 aliphatic carbocycles. The number of carbonyl (C=O) groups excluding carboxylic acids is 3. The first-order valence-electron chi connectivity index (χ1n) is 6.44. The SMILES string of the molecule is CCN1CC(C(=O)N[C@H](CCC(N)=O)C(=O)O)CC1=O. The average molecular weight is 285 g/mol. The van der Waals surface area contributed by atoms with Gasteiger partial charge in [0.1, 0.15) is 6.04 Å². The number of hydrogen-bond acceptors (Lipinski definition) is 4. The predicted molar refractivity (Wildman–Crippen MR) is 68.4 cm³/mol. The molecule has 4 N–H and O–H groups in total. The number of likely N-dealkylation sites (tertiary alicyclic amines) is 1. The van der Waals surface area contributed by atoms with E-state index in [2.05, 4.69) is 5.32 Å². The maximum Gasteiger partial charge on any atom is 0.326 e. The molecule has 1 saturated heterocycles. The summed E-state index contributed by atoms with van der Waals surface area (Å²) in [4.78, 5) is 46.7. The van der Waals surface area contributed by atoms with Crippen molar-refractivity contribution in [2.45, 2.75) is 32.2 Å². The van der Waals surface area contributed by atoms with Crippen molar-refractivity contribution in [2.24, 2.45) is 11.7 Å². The Labute approximate surface area is 116 Å². The molecule has 0 aromatic carbocycles. The summed E-state index contributed by atoms with van der Waals surface area (Å²) in [7, 11) is 0. The van der Waals surface area contributed by atoms with Crippen molar-refractivity contribution in [1.82, 2.24) is 10.2 Å². The molecule has 0 saturated carbocycles. The zero-order valence-electron chi connectivity index (χ0n) is 11.3. The number of nitrogens with two attached hydrogens (primary N) is 1. The van der Waals surface area contributed by atoms with E-state index in [0.717, 1.165) is 0 Å². The molecule has 8 nitrogen and oxygen atoms in total. The number of rotatable bonds is 7. The first-order chi connectivity index (χ1) is 9.35. The third kappa shape index (κ3) is 4.22. The number of carboxylic acids is 1. The molecular formula is C12H19N3O5. The van der Waals surface area contributed by atoms with Crippen LogP contribution in [-0.2, 0) is 19.2 Å². The number of carbonyl (C=O) groups is 4. The molecule has 2 atom stereocenters. The van der Waals surface area contributed by atoms with Crippen LogP contribution in [0.15, 0.2) is 0 Å². The van der Waals surface area contributed by atoms with Crippen molar-refractivity contribution in [3.05, 3.63) is 0 Å². The van der Waals surface area contributed by atoms with Crippen LogP contribution in [0.25, 0.3) is 0 Å². The van der Waals surface area contributed by atoms with Crippen LogP contribution in [0, 0.1) is 5.92 Å². The maximum atomic E-state index is 11.9. The lowest BCUT2D eigenvalue weighted by atomic mass is 10.1. The van der Waals surface area contributed by atoms with Crippen molar-refractivity contribution < 1.29 is 24.3 Å². The summed E-state index contributed by atoms with van der Waals surface area (Å²) in [5.74, 6) is -2.99. The predicted octanol–water partition coefficient (Wildman–Crippen LogP) is -1.31. The van der Waals surface area contributed by atoms with E-state index in [9.17, 15) is 19.2 Å². The van der Waals surface area contributed by atoms with E-state index in [0.29, 0.717) is 13.1 Å². The van der Waals surface area contributed by atoms with Crippen LogP contribution in [0.3, 0.4) is 0 Å². The third-order valence-corrected chi connectivity index (χ3v) is 3.26. The van der Waals surface area contributed by atoms with Crippen LogP contribution < -0.4 is 11.1 Å². The molecule has 0 radical (unpaired) electrons. The molecule has 1 heterocycles. The molecule has 0 aromatic rings. The minimum absolute atomic E-state index is 0.0609. The Morgan fingerprint density at radius 2 is 2.15 bits per heavy atom. The normalized spacial score (nSPS) is 19.8. The summed E-state index contributed by atoms with van der Waals surface area (Å²) in [6.07, 6.45) is -0.0989. The highest BCUT2D eigenvalue weighted by atomic mass is 16.4. The van der Waals surface area contributed by atoms with Crippen molar-refractivity contribution in [3.63, 3.8) is 0 Å². The Morgan fingerprint density at radius 3 is 2.60 bits per heavy atom. The van der Waals surface area contributed by atoms with Crippen LogP contribution in [0.1, 0.15) is 26.2 Å². The van der Waals surface area contributed by atoms with E-state index in [4.69, 9.17) is 10.8 Å². The molecular weight excluding hydrogens is 266 g/mol. The van der Waals surface area contributed by atoms with Crippen LogP contribution in [0.4, 0.5) is 0 Å². The second kappa shape index (κ2) is 6.88. The zero-order valence-corrected chi connectivity index (χ0v) is 11.3. The van der Waals surface area contributed by atoms with Gasteiger partial charge in [-0.1, -0.05) is 0 Å². The number of primary amides is 1. The number of nitrogens with one attached hydrogen (secondary N) is 1. The Kier molecular flexibility index (Phi) is 5.48. The van der Waals surface area contributed by atoms with E-state index >= 15 is 0 Å². The third-order valence-electron chi connectivity index (χ3n) is 3.26. The van der Waals surface area contributed by atoms with Gasteiger partial charge in [0.15, 0.2) is 0 Å². The van der Waals surface area contributed by atoms with Crippen molar-refractivity contribution >= 4 is 23.7 Å². The maximum absolute atomic E-state index is 11.9. The smallest absolute Gasteiger partial charge is 0.326 e. The van der Waals surface area contributed by atoms with Gasteiger partial charge in [0.25, 0.3) is 0 Å². The Hall–Kier alpha value is -2.12. The second-order valence-electron chi connectivity index (χ2n) is 4.74. The molecule has 1 aliphatic heterocycles. The number of aliphatic carboxylic acids is 1. The van der Waals surface area contributed by atoms with Crippen LogP contribution in [0.2, 0.25) is 0 Å². The minimum atomic E-state index is -1.23. The summed E-state index contributed by atoms with van der Waals surface area (Å²) < 4.78 is 0. The van der Waals surface area contributed by atoms with Crippen LogP contribution in [-0.4, -0.2) is 52.8 Å². The van der Waals surface area contributed by atoms with Gasteiger partial charge in [-0.05, 0) is 13.3 Å². The van der Waals surface area contributed by atoms with Crippen LogP contribution >= 0.6 is 0 Å². The fourth-order valence-corrected chi connectivity index (χ4v) is 2.09. The lowest BCUT2D eigenvalue weighted by Gasteiger charge is -2.17. The van der Waals surface area contributed by atoms with E-state index < -0.39 is 29.7 Å². The van der Waals surface area contributed by atoms with Crippen molar-refractivity contribution in [1.29, 1.82) is 0 Å². The average Bonchev–Trinajstić information content (AvgIpc) is 2.75. The van der Waals surface area contributed by atoms with Crippen molar-refractivity contribution in [2.75, 3.05) is 13.1 Å². The molecule has 0 bridgehead atoms. The monoisotopic (exact) mass is 285 g/mol. The zero-order chi connectivity index (χ0) is 15.3. The standard InChI is InChI=1S/C12H19N3O5/c1-2-15-6-7(5-10(15)17)11(18)14-8(12(19)20)3-4-9(13)16/h7-8H,2-6H2,1H3,(H2,13,16)(H,14,18)(H,19,20)/t7?,8-/m1/s1. The highest BCUT2D eigenvalue weighted by molar-refractivity contribution is 5.91. The summed E-state index contributed by atoms with van der Waals surface area (Å²) in [5, 5.41) is 11.3. The van der Waals surface area contributed by atoms with E-state index in [1.165, 1.54) is 0 Å². The van der Waals surface area contributed by atoms with E-state index in [1.807, 2.05) is 6.92 Å². The Balaban J connectivity index is 2.56. The lowest BCUT2D eigenvalue weighted by Crippen LogP contribution is -2.44. The molecule has 1 fully saturated rings. The fourth-order valence-electron chi connectivity index (χ4n) is 2.09. The number of amides is 3. The Morgan fingerprint density at radius 1 is 1.50 bits per heavy atom. The molecule has 3 amide bonds. The molecule has 20 heavy (non-hydrogen) atoms.